The van der Waals surface area contributed by atoms with E-state index in [9.17, 15) is 13.6 Å². The molecule has 0 unspecified atom stereocenters. The molecule has 0 bridgehead atoms. The van der Waals surface area contributed by atoms with Crippen LogP contribution in [0.3, 0.4) is 0 Å². The number of hydrogen-bond acceptors (Lipinski definition) is 3. The number of piperidine rings is 1. The van der Waals surface area contributed by atoms with Gasteiger partial charge in [0.2, 0.25) is 5.91 Å². The van der Waals surface area contributed by atoms with Gasteiger partial charge in [0.1, 0.15) is 12.4 Å². The second-order valence-electron chi connectivity index (χ2n) is 4.74. The highest BCUT2D eigenvalue weighted by Gasteiger charge is 2.20. The summed E-state index contributed by atoms with van der Waals surface area (Å²) in [7, 11) is 0. The fraction of sp³-hybridized carbons (Fsp3) is 0.500. The number of hydrogen-bond donors (Lipinski definition) is 2. The molecule has 0 atom stereocenters. The van der Waals surface area contributed by atoms with Crippen LogP contribution in [0, 0.1) is 17.6 Å². The Morgan fingerprint density at radius 3 is 2.67 bits per heavy atom. The first-order valence-corrected chi connectivity index (χ1v) is 6.73. The highest BCUT2D eigenvalue weighted by atomic mass is 35.5. The van der Waals surface area contributed by atoms with Crippen molar-refractivity contribution in [2.45, 2.75) is 12.8 Å². The highest BCUT2D eigenvalue weighted by molar-refractivity contribution is 5.85. The summed E-state index contributed by atoms with van der Waals surface area (Å²) in [6, 6.07) is 3.36. The molecule has 4 nitrogen and oxygen atoms in total. The summed E-state index contributed by atoms with van der Waals surface area (Å²) >= 11 is 0. The summed E-state index contributed by atoms with van der Waals surface area (Å²) in [6.45, 7) is 2.30. The van der Waals surface area contributed by atoms with E-state index in [1.807, 2.05) is 0 Å². The van der Waals surface area contributed by atoms with Gasteiger partial charge in [-0.2, -0.15) is 0 Å². The number of carbonyl (C=O) groups is 1. The smallest absolute Gasteiger partial charge is 0.223 e. The molecule has 7 heteroatoms. The molecule has 1 aliphatic rings. The topological polar surface area (TPSA) is 50.4 Å². The Morgan fingerprint density at radius 2 is 2.00 bits per heavy atom. The molecule has 1 saturated heterocycles. The first-order chi connectivity index (χ1) is 9.66. The van der Waals surface area contributed by atoms with Crippen molar-refractivity contribution in [1.29, 1.82) is 0 Å². The number of halogens is 3. The van der Waals surface area contributed by atoms with Crippen molar-refractivity contribution < 1.29 is 18.3 Å². The number of rotatable bonds is 5. The van der Waals surface area contributed by atoms with E-state index in [-0.39, 0.29) is 36.6 Å². The van der Waals surface area contributed by atoms with Crippen LogP contribution in [-0.4, -0.2) is 32.1 Å². The van der Waals surface area contributed by atoms with Crippen LogP contribution in [0.4, 0.5) is 8.78 Å². The number of nitrogens with one attached hydrogen (secondary N) is 2. The van der Waals surface area contributed by atoms with Gasteiger partial charge in [0.15, 0.2) is 11.6 Å². The fourth-order valence-electron chi connectivity index (χ4n) is 2.14. The van der Waals surface area contributed by atoms with E-state index in [2.05, 4.69) is 10.6 Å². The Hall–Kier alpha value is -1.40. The third-order valence-corrected chi connectivity index (χ3v) is 3.27. The minimum absolute atomic E-state index is 0. The van der Waals surface area contributed by atoms with E-state index in [1.54, 1.807) is 0 Å². The molecule has 0 radical (unpaired) electrons. The summed E-state index contributed by atoms with van der Waals surface area (Å²) < 4.78 is 30.9. The predicted molar refractivity (Wildman–Crippen MR) is 77.7 cm³/mol. The summed E-state index contributed by atoms with van der Waals surface area (Å²) in [5, 5.41) is 5.99. The molecule has 1 heterocycles. The lowest BCUT2D eigenvalue weighted by Crippen LogP contribution is -2.39. The van der Waals surface area contributed by atoms with Gasteiger partial charge >= 0.3 is 0 Å². The second kappa shape index (κ2) is 8.79. The van der Waals surface area contributed by atoms with Crippen molar-refractivity contribution in [3.8, 4) is 5.75 Å². The maximum atomic E-state index is 12.9. The van der Waals surface area contributed by atoms with Crippen molar-refractivity contribution in [3.63, 3.8) is 0 Å². The first kappa shape index (κ1) is 17.7. The third kappa shape index (κ3) is 5.47. The lowest BCUT2D eigenvalue weighted by molar-refractivity contribution is -0.125. The average molecular weight is 321 g/mol. The zero-order chi connectivity index (χ0) is 14.4. The maximum absolute atomic E-state index is 12.9. The average Bonchev–Trinajstić information content (AvgIpc) is 2.48. The van der Waals surface area contributed by atoms with Crippen LogP contribution in [0.25, 0.3) is 0 Å². The zero-order valence-corrected chi connectivity index (χ0v) is 12.3. The Morgan fingerprint density at radius 1 is 1.29 bits per heavy atom. The van der Waals surface area contributed by atoms with Crippen LogP contribution in [0.2, 0.25) is 0 Å². The molecule has 2 N–H and O–H groups in total. The minimum atomic E-state index is -0.943. The molecule has 0 aromatic heterocycles. The van der Waals surface area contributed by atoms with E-state index < -0.39 is 11.6 Å². The molecular weight excluding hydrogens is 302 g/mol. The first-order valence-electron chi connectivity index (χ1n) is 6.73. The Balaban J connectivity index is 0.00000220. The molecule has 0 saturated carbocycles. The van der Waals surface area contributed by atoms with Gasteiger partial charge in [-0.05, 0) is 38.1 Å². The number of carbonyl (C=O) groups excluding carboxylic acids is 1. The van der Waals surface area contributed by atoms with Crippen molar-refractivity contribution in [3.05, 3.63) is 29.8 Å². The van der Waals surface area contributed by atoms with Crippen molar-refractivity contribution in [2.24, 2.45) is 5.92 Å². The Kier molecular flexibility index (Phi) is 7.39. The zero-order valence-electron chi connectivity index (χ0n) is 11.5. The van der Waals surface area contributed by atoms with Gasteiger partial charge < -0.3 is 15.4 Å². The molecule has 0 spiro atoms. The van der Waals surface area contributed by atoms with Crippen LogP contribution in [-0.2, 0) is 4.79 Å². The highest BCUT2D eigenvalue weighted by Crippen LogP contribution is 2.15. The fourth-order valence-corrected chi connectivity index (χ4v) is 2.14. The second-order valence-corrected chi connectivity index (χ2v) is 4.74. The normalized spacial score (nSPS) is 15.1. The molecule has 1 aliphatic heterocycles. The Labute approximate surface area is 128 Å². The van der Waals surface area contributed by atoms with Gasteiger partial charge in [0.25, 0.3) is 0 Å². The van der Waals surface area contributed by atoms with Gasteiger partial charge in [-0.15, -0.1) is 12.4 Å². The van der Waals surface area contributed by atoms with E-state index >= 15 is 0 Å². The molecule has 2 rings (SSSR count). The molecule has 21 heavy (non-hydrogen) atoms. The molecule has 1 aromatic carbocycles. The minimum Gasteiger partial charge on any atom is -0.492 e. The van der Waals surface area contributed by atoms with E-state index in [0.29, 0.717) is 6.54 Å². The summed E-state index contributed by atoms with van der Waals surface area (Å²) in [6.07, 6.45) is 1.69. The van der Waals surface area contributed by atoms with Crippen molar-refractivity contribution >= 4 is 18.3 Å². The van der Waals surface area contributed by atoms with Gasteiger partial charge in [-0.3, -0.25) is 4.79 Å². The molecule has 0 aliphatic carbocycles. The SMILES string of the molecule is Cl.O=C(NCCOc1ccc(F)c(F)c1)C1CCNCC1. The van der Waals surface area contributed by atoms with E-state index in [1.165, 1.54) is 6.07 Å². The van der Waals surface area contributed by atoms with Crippen LogP contribution in [0.5, 0.6) is 5.75 Å². The number of amides is 1. The summed E-state index contributed by atoms with van der Waals surface area (Å²) in [5.74, 6) is -1.52. The van der Waals surface area contributed by atoms with Gasteiger partial charge in [0, 0.05) is 12.0 Å². The van der Waals surface area contributed by atoms with E-state index in [4.69, 9.17) is 4.74 Å². The monoisotopic (exact) mass is 320 g/mol. The lowest BCUT2D eigenvalue weighted by Gasteiger charge is -2.21. The summed E-state index contributed by atoms with van der Waals surface area (Å²) in [4.78, 5) is 11.8. The van der Waals surface area contributed by atoms with E-state index in [0.717, 1.165) is 38.1 Å². The molecule has 118 valence electrons. The molecular formula is C14H19ClF2N2O2. The Bertz CT molecular complexity index is 468. The molecule has 1 amide bonds. The maximum Gasteiger partial charge on any atom is 0.223 e. The van der Waals surface area contributed by atoms with Crippen molar-refractivity contribution in [1.82, 2.24) is 10.6 Å². The van der Waals surface area contributed by atoms with Crippen LogP contribution in [0.1, 0.15) is 12.8 Å². The standard InChI is InChI=1S/C14H18F2N2O2.ClH/c15-12-2-1-11(9-13(12)16)20-8-7-18-14(19)10-3-5-17-6-4-10;/h1-2,9-10,17H,3-8H2,(H,18,19);1H. The van der Waals surface area contributed by atoms with Crippen molar-refractivity contribution in [2.75, 3.05) is 26.2 Å². The third-order valence-electron chi connectivity index (χ3n) is 3.27. The van der Waals surface area contributed by atoms with Crippen LogP contribution < -0.4 is 15.4 Å². The summed E-state index contributed by atoms with van der Waals surface area (Å²) in [5.41, 5.74) is 0. The number of benzene rings is 1. The van der Waals surface area contributed by atoms with Crippen LogP contribution in [0.15, 0.2) is 18.2 Å². The predicted octanol–water partition coefficient (Wildman–Crippen LogP) is 1.88. The van der Waals surface area contributed by atoms with Crippen LogP contribution >= 0.6 is 12.4 Å². The largest absolute Gasteiger partial charge is 0.492 e. The number of ether oxygens (including phenoxy) is 1. The molecule has 1 aromatic rings. The molecule has 1 fully saturated rings. The van der Waals surface area contributed by atoms with Gasteiger partial charge in [-0.25, -0.2) is 8.78 Å². The van der Waals surface area contributed by atoms with Gasteiger partial charge in [-0.1, -0.05) is 0 Å². The quantitative estimate of drug-likeness (QED) is 0.815. The van der Waals surface area contributed by atoms with Gasteiger partial charge in [0.05, 0.1) is 6.54 Å². The lowest BCUT2D eigenvalue weighted by atomic mass is 9.97.